The average Bonchev–Trinajstić information content (AvgIpc) is 4.36. The van der Waals surface area contributed by atoms with E-state index in [0.29, 0.717) is 17.5 Å². The Balaban J connectivity index is 1.01. The first-order valence-corrected chi connectivity index (χ1v) is 27.4. The summed E-state index contributed by atoms with van der Waals surface area (Å²) in [5, 5.41) is 9.62. The minimum absolute atomic E-state index is 0.567. The molecule has 0 fully saturated rings. The summed E-state index contributed by atoms with van der Waals surface area (Å²) < 4.78 is 9.65. The molecule has 0 atom stereocenters. The van der Waals surface area contributed by atoms with Crippen LogP contribution in [-0.4, -0.2) is 33.2 Å². The minimum atomic E-state index is 0.567. The molecule has 0 saturated carbocycles. The van der Waals surface area contributed by atoms with Gasteiger partial charge in [0.2, 0.25) is 0 Å². The Kier molecular flexibility index (Phi) is 10.1. The number of hydrogen-bond donors (Lipinski definition) is 0. The molecule has 0 aliphatic carbocycles. The molecule has 0 unspecified atom stereocenters. The Hall–Kier alpha value is -10.4. The van der Waals surface area contributed by atoms with Gasteiger partial charge in [0.1, 0.15) is 0 Å². The molecule has 80 heavy (non-hydrogen) atoms. The molecule has 0 spiro atoms. The lowest BCUT2D eigenvalue weighted by Crippen LogP contribution is -2.07. The summed E-state index contributed by atoms with van der Waals surface area (Å²) in [4.78, 5) is 16.8. The van der Waals surface area contributed by atoms with Crippen molar-refractivity contribution in [1.82, 2.24) is 33.2 Å². The smallest absolute Gasteiger partial charge is 0.166 e. The molecule has 5 heterocycles. The van der Waals surface area contributed by atoms with E-state index >= 15 is 0 Å². The van der Waals surface area contributed by atoms with Crippen LogP contribution in [0.2, 0.25) is 0 Å². The summed E-state index contributed by atoms with van der Waals surface area (Å²) >= 11 is 0. The molecule has 0 aliphatic rings. The van der Waals surface area contributed by atoms with Gasteiger partial charge in [0.15, 0.2) is 17.5 Å². The number of aromatic nitrogens is 7. The highest BCUT2D eigenvalue weighted by molar-refractivity contribution is 6.13. The Morgan fingerprint density at radius 2 is 0.537 bits per heavy atom. The van der Waals surface area contributed by atoms with Gasteiger partial charge >= 0.3 is 0 Å². The van der Waals surface area contributed by atoms with Gasteiger partial charge in [0, 0.05) is 71.2 Å². The summed E-state index contributed by atoms with van der Waals surface area (Å²) in [6.45, 7) is 8.68. The topological polar surface area (TPSA) is 58.4 Å². The maximum atomic E-state index is 5.73. The van der Waals surface area contributed by atoms with Crippen molar-refractivity contribution >= 4 is 87.2 Å². The third-order valence-electron chi connectivity index (χ3n) is 16.4. The predicted molar refractivity (Wildman–Crippen MR) is 332 cm³/mol. The summed E-state index contributed by atoms with van der Waals surface area (Å²) in [5.41, 5.74) is 20.5. The molecule has 378 valence electrons. The number of para-hydroxylation sites is 4. The van der Waals surface area contributed by atoms with Crippen molar-refractivity contribution in [3.05, 3.63) is 259 Å². The van der Waals surface area contributed by atoms with Gasteiger partial charge in [-0.1, -0.05) is 150 Å². The summed E-state index contributed by atoms with van der Waals surface area (Å²) in [5.74, 6) is 1.72. The summed E-state index contributed by atoms with van der Waals surface area (Å²) in [6.07, 6.45) is 0. The van der Waals surface area contributed by atoms with Gasteiger partial charge in [0.25, 0.3) is 0 Å². The highest BCUT2D eigenvalue weighted by atomic mass is 15.1. The lowest BCUT2D eigenvalue weighted by molar-refractivity contribution is 1.05. The summed E-state index contributed by atoms with van der Waals surface area (Å²) in [6, 6.07) is 86.1. The molecule has 0 aliphatic heterocycles. The third kappa shape index (κ3) is 6.96. The predicted octanol–water partition coefficient (Wildman–Crippen LogP) is 18.5. The summed E-state index contributed by atoms with van der Waals surface area (Å²) in [7, 11) is 0. The van der Waals surface area contributed by atoms with E-state index in [0.717, 1.165) is 83.6 Å². The maximum absolute atomic E-state index is 5.73. The Bertz CT molecular complexity index is 4940. The first kappa shape index (κ1) is 45.8. The zero-order chi connectivity index (χ0) is 53.3. The van der Waals surface area contributed by atoms with Crippen molar-refractivity contribution in [2.75, 3.05) is 0 Å². The van der Waals surface area contributed by atoms with Crippen LogP contribution in [0.4, 0.5) is 0 Å². The molecule has 5 aromatic heterocycles. The van der Waals surface area contributed by atoms with Crippen molar-refractivity contribution < 1.29 is 0 Å². The van der Waals surface area contributed by atoms with Crippen molar-refractivity contribution in [3.63, 3.8) is 0 Å². The van der Waals surface area contributed by atoms with E-state index in [-0.39, 0.29) is 0 Å². The average molecular weight is 1030 g/mol. The van der Waals surface area contributed by atoms with Gasteiger partial charge in [-0.15, -0.1) is 0 Å². The van der Waals surface area contributed by atoms with E-state index in [1.54, 1.807) is 0 Å². The van der Waals surface area contributed by atoms with Crippen LogP contribution in [0.3, 0.4) is 0 Å². The number of aryl methyl sites for hydroxylation is 4. The number of fused-ring (bicyclic) bond motifs is 12. The van der Waals surface area contributed by atoms with Crippen LogP contribution in [0.1, 0.15) is 22.3 Å². The quantitative estimate of drug-likeness (QED) is 0.160. The third-order valence-corrected chi connectivity index (χ3v) is 16.4. The van der Waals surface area contributed by atoms with Crippen LogP contribution in [0.15, 0.2) is 237 Å². The SMILES string of the molecule is Cc1ccc2c(c1)c1ccccc1n2-c1ccc(-c2nc(-c3ccccc3)nc(-c3ccc(-n4c5ccccc5c5cc(C)ccc54)cc3-n3c4ccccc4c4cc(C)ccc43)n2)c(-n2c3ccccc3c3cc(C)ccc32)c1. The molecule has 0 N–H and O–H groups in total. The van der Waals surface area contributed by atoms with Crippen LogP contribution in [0.25, 0.3) is 144 Å². The van der Waals surface area contributed by atoms with Crippen molar-refractivity contribution in [2.24, 2.45) is 0 Å². The molecule has 0 amide bonds. The lowest BCUT2D eigenvalue weighted by atomic mass is 10.1. The normalized spacial score (nSPS) is 12.0. The van der Waals surface area contributed by atoms with Crippen LogP contribution in [-0.2, 0) is 0 Å². The standard InChI is InChI=1S/C73H51N7/c1-44-26-34-65-57(38-44)51-18-8-12-22-61(51)77(65)49-30-32-55(69(42-49)79-63-24-14-10-20-53(63)59-40-46(3)28-36-67(59)79)72-74-71(48-16-6-5-7-17-48)75-73(76-72)56-33-31-50(78-62-23-13-9-19-52(62)58-39-45(2)27-35-66(58)78)43-70(56)80-64-25-15-11-21-54(64)60-41-47(4)29-37-68(60)80/h5-43H,1-4H3. The second kappa shape index (κ2) is 17.6. The van der Waals surface area contributed by atoms with Crippen molar-refractivity contribution in [1.29, 1.82) is 0 Å². The van der Waals surface area contributed by atoms with Gasteiger partial charge in [-0.25, -0.2) is 15.0 Å². The zero-order valence-corrected chi connectivity index (χ0v) is 44.6. The molecule has 0 bridgehead atoms. The van der Waals surface area contributed by atoms with E-state index in [4.69, 9.17) is 15.0 Å². The molecular formula is C73H51N7. The fourth-order valence-corrected chi connectivity index (χ4v) is 12.8. The number of benzene rings is 11. The fraction of sp³-hybridized carbons (Fsp3) is 0.0548. The van der Waals surface area contributed by atoms with E-state index in [9.17, 15) is 0 Å². The van der Waals surface area contributed by atoms with Crippen LogP contribution >= 0.6 is 0 Å². The molecule has 0 radical (unpaired) electrons. The highest BCUT2D eigenvalue weighted by Gasteiger charge is 2.25. The first-order chi connectivity index (χ1) is 39.3. The molecule has 7 nitrogen and oxygen atoms in total. The van der Waals surface area contributed by atoms with Gasteiger partial charge in [-0.3, -0.25) is 0 Å². The van der Waals surface area contributed by atoms with E-state index in [1.807, 2.05) is 6.07 Å². The van der Waals surface area contributed by atoms with E-state index < -0.39 is 0 Å². The molecular weight excluding hydrogens is 975 g/mol. The number of rotatable bonds is 7. The van der Waals surface area contributed by atoms with Gasteiger partial charge in [0.05, 0.1) is 55.5 Å². The van der Waals surface area contributed by atoms with Crippen LogP contribution in [0.5, 0.6) is 0 Å². The monoisotopic (exact) mass is 1030 g/mol. The van der Waals surface area contributed by atoms with Gasteiger partial charge < -0.3 is 18.3 Å². The number of nitrogens with zero attached hydrogens (tertiary/aromatic N) is 7. The minimum Gasteiger partial charge on any atom is -0.309 e. The molecule has 16 aromatic rings. The highest BCUT2D eigenvalue weighted by Crippen LogP contribution is 2.43. The Labute approximate surface area is 461 Å². The van der Waals surface area contributed by atoms with Crippen LogP contribution in [0, 0.1) is 27.7 Å². The zero-order valence-electron chi connectivity index (χ0n) is 44.6. The van der Waals surface area contributed by atoms with Gasteiger partial charge in [-0.2, -0.15) is 0 Å². The largest absolute Gasteiger partial charge is 0.309 e. The molecule has 11 aromatic carbocycles. The Morgan fingerprint density at radius 1 is 0.237 bits per heavy atom. The van der Waals surface area contributed by atoms with Gasteiger partial charge in [-0.05, 0) is 137 Å². The first-order valence-electron chi connectivity index (χ1n) is 27.4. The number of hydrogen-bond acceptors (Lipinski definition) is 3. The lowest BCUT2D eigenvalue weighted by Gasteiger charge is -2.19. The van der Waals surface area contributed by atoms with E-state index in [1.165, 1.54) is 65.3 Å². The maximum Gasteiger partial charge on any atom is 0.166 e. The molecule has 7 heteroatoms. The second-order valence-corrected chi connectivity index (χ2v) is 21.6. The fourth-order valence-electron chi connectivity index (χ4n) is 12.8. The molecule has 16 rings (SSSR count). The van der Waals surface area contributed by atoms with Crippen molar-refractivity contribution in [3.8, 4) is 56.9 Å². The van der Waals surface area contributed by atoms with Crippen molar-refractivity contribution in [2.45, 2.75) is 27.7 Å². The molecule has 0 saturated heterocycles. The Morgan fingerprint density at radius 3 is 0.912 bits per heavy atom. The second-order valence-electron chi connectivity index (χ2n) is 21.6. The van der Waals surface area contributed by atoms with Crippen LogP contribution < -0.4 is 0 Å². The van der Waals surface area contributed by atoms with E-state index in [2.05, 4.69) is 276 Å².